The van der Waals surface area contributed by atoms with E-state index in [2.05, 4.69) is 20.9 Å². The second-order valence-corrected chi connectivity index (χ2v) is 3.78. The highest BCUT2D eigenvalue weighted by Gasteiger charge is 2.13. The number of nitrogens with zero attached hydrogens (tertiary/aromatic N) is 1. The second-order valence-electron chi connectivity index (χ2n) is 2.93. The molecular weight excluding hydrogens is 248 g/mol. The summed E-state index contributed by atoms with van der Waals surface area (Å²) in [6, 6.07) is 5.00. The monoisotopic (exact) mass is 256 g/mol. The van der Waals surface area contributed by atoms with Crippen LogP contribution >= 0.6 is 15.9 Å². The molecule has 1 aromatic heterocycles. The highest BCUT2D eigenvalue weighted by Crippen LogP contribution is 2.25. The van der Waals surface area contributed by atoms with Crippen LogP contribution in [0.15, 0.2) is 27.1 Å². The maximum absolute atomic E-state index is 8.85. The molecule has 4 nitrogen and oxygen atoms in total. The van der Waals surface area contributed by atoms with Gasteiger partial charge in [-0.25, -0.2) is 4.98 Å². The van der Waals surface area contributed by atoms with Crippen LogP contribution in [0.3, 0.4) is 0 Å². The average molecular weight is 257 g/mol. The Morgan fingerprint density at radius 3 is 3.00 bits per heavy atom. The summed E-state index contributed by atoms with van der Waals surface area (Å²) in [6.45, 7) is -0.176. The maximum atomic E-state index is 8.85. The van der Waals surface area contributed by atoms with E-state index in [1.165, 1.54) is 0 Å². The molecule has 0 aliphatic rings. The predicted molar refractivity (Wildman–Crippen MR) is 55.7 cm³/mol. The highest BCUT2D eigenvalue weighted by atomic mass is 79.9. The van der Waals surface area contributed by atoms with E-state index in [9.17, 15) is 0 Å². The van der Waals surface area contributed by atoms with E-state index in [-0.39, 0.29) is 6.61 Å². The van der Waals surface area contributed by atoms with Crippen LogP contribution < -0.4 is 5.73 Å². The van der Waals surface area contributed by atoms with Crippen LogP contribution in [0.2, 0.25) is 0 Å². The van der Waals surface area contributed by atoms with Crippen LogP contribution in [0.4, 0.5) is 0 Å². The van der Waals surface area contributed by atoms with Crippen molar-refractivity contribution in [1.82, 2.24) is 4.98 Å². The second kappa shape index (κ2) is 3.68. The first-order chi connectivity index (χ1) is 6.72. The fourth-order valence-electron chi connectivity index (χ4n) is 1.17. The molecular formula is C9H9BrN2O2. The smallest absolute Gasteiger partial charge is 0.214 e. The summed E-state index contributed by atoms with van der Waals surface area (Å²) < 4.78 is 6.24. The SMILES string of the molecule is NC(CO)c1nc2cccc(Br)c2o1. The number of para-hydroxylation sites is 1. The molecule has 1 aromatic carbocycles. The van der Waals surface area contributed by atoms with E-state index in [1.54, 1.807) is 0 Å². The first-order valence-corrected chi connectivity index (χ1v) is 4.93. The van der Waals surface area contributed by atoms with Crippen LogP contribution in [0.25, 0.3) is 11.1 Å². The largest absolute Gasteiger partial charge is 0.438 e. The Balaban J connectivity index is 2.56. The molecule has 0 aliphatic carbocycles. The predicted octanol–water partition coefficient (Wildman–Crippen LogP) is 1.58. The minimum atomic E-state index is -0.561. The molecule has 0 radical (unpaired) electrons. The lowest BCUT2D eigenvalue weighted by Gasteiger charge is -1.99. The summed E-state index contributed by atoms with van der Waals surface area (Å²) in [5, 5.41) is 8.85. The molecule has 3 N–H and O–H groups in total. The molecule has 1 unspecified atom stereocenters. The lowest BCUT2D eigenvalue weighted by atomic mass is 10.3. The summed E-state index contributed by atoms with van der Waals surface area (Å²) in [6.07, 6.45) is 0. The van der Waals surface area contributed by atoms with Gasteiger partial charge in [-0.2, -0.15) is 0 Å². The molecule has 0 amide bonds. The molecule has 0 saturated heterocycles. The molecule has 5 heteroatoms. The lowest BCUT2D eigenvalue weighted by Crippen LogP contribution is -2.14. The topological polar surface area (TPSA) is 72.3 Å². The molecule has 1 heterocycles. The third-order valence-electron chi connectivity index (χ3n) is 1.90. The number of fused-ring (bicyclic) bond motifs is 1. The molecule has 0 aliphatic heterocycles. The van der Waals surface area contributed by atoms with Gasteiger partial charge in [0.05, 0.1) is 11.1 Å². The minimum absolute atomic E-state index is 0.176. The fourth-order valence-corrected chi connectivity index (χ4v) is 1.61. The zero-order chi connectivity index (χ0) is 10.1. The van der Waals surface area contributed by atoms with Gasteiger partial charge in [-0.05, 0) is 28.1 Å². The van der Waals surface area contributed by atoms with Crippen LogP contribution in [0, 0.1) is 0 Å². The van der Waals surface area contributed by atoms with Gasteiger partial charge in [0.1, 0.15) is 11.6 Å². The van der Waals surface area contributed by atoms with Gasteiger partial charge in [0, 0.05) is 0 Å². The normalized spacial score (nSPS) is 13.4. The molecule has 0 saturated carbocycles. The Kier molecular flexibility index (Phi) is 2.54. The van der Waals surface area contributed by atoms with Gasteiger partial charge < -0.3 is 15.3 Å². The van der Waals surface area contributed by atoms with Crippen molar-refractivity contribution in [3.63, 3.8) is 0 Å². The average Bonchev–Trinajstić information content (AvgIpc) is 2.62. The Morgan fingerprint density at radius 1 is 1.57 bits per heavy atom. The van der Waals surface area contributed by atoms with Gasteiger partial charge >= 0.3 is 0 Å². The number of aliphatic hydroxyl groups excluding tert-OH is 1. The van der Waals surface area contributed by atoms with E-state index >= 15 is 0 Å². The molecule has 1 atom stereocenters. The number of oxazole rings is 1. The van der Waals surface area contributed by atoms with Crippen LogP contribution in [-0.4, -0.2) is 16.7 Å². The molecule has 2 rings (SSSR count). The number of hydrogen-bond donors (Lipinski definition) is 2. The van der Waals surface area contributed by atoms with E-state index in [0.29, 0.717) is 11.5 Å². The lowest BCUT2D eigenvalue weighted by molar-refractivity contribution is 0.250. The summed E-state index contributed by atoms with van der Waals surface area (Å²) in [5.41, 5.74) is 6.98. The van der Waals surface area contributed by atoms with E-state index in [0.717, 1.165) is 9.99 Å². The molecule has 0 bridgehead atoms. The number of halogens is 1. The van der Waals surface area contributed by atoms with Crippen LogP contribution in [0.5, 0.6) is 0 Å². The number of nitrogens with two attached hydrogens (primary N) is 1. The minimum Gasteiger partial charge on any atom is -0.438 e. The van der Waals surface area contributed by atoms with Gasteiger partial charge in [0.15, 0.2) is 5.58 Å². The third kappa shape index (κ3) is 1.54. The molecule has 2 aromatic rings. The number of aliphatic hydroxyl groups is 1. The van der Waals surface area contributed by atoms with Crippen molar-refractivity contribution in [3.05, 3.63) is 28.6 Å². The van der Waals surface area contributed by atoms with Crippen molar-refractivity contribution in [2.45, 2.75) is 6.04 Å². The van der Waals surface area contributed by atoms with Crippen LogP contribution in [0.1, 0.15) is 11.9 Å². The molecule has 0 fully saturated rings. The summed E-state index contributed by atoms with van der Waals surface area (Å²) in [5.74, 6) is 0.356. The standard InChI is InChI=1S/C9H9BrN2O2/c10-5-2-1-3-7-8(5)14-9(12-7)6(11)4-13/h1-3,6,13H,4,11H2. The van der Waals surface area contributed by atoms with E-state index in [4.69, 9.17) is 15.3 Å². The maximum Gasteiger partial charge on any atom is 0.214 e. The number of rotatable bonds is 2. The first kappa shape index (κ1) is 9.64. The third-order valence-corrected chi connectivity index (χ3v) is 2.52. The van der Waals surface area contributed by atoms with Crippen molar-refractivity contribution in [2.24, 2.45) is 5.73 Å². The molecule has 74 valence electrons. The zero-order valence-electron chi connectivity index (χ0n) is 7.27. The van der Waals surface area contributed by atoms with Crippen molar-refractivity contribution in [2.75, 3.05) is 6.61 Å². The fraction of sp³-hybridized carbons (Fsp3) is 0.222. The van der Waals surface area contributed by atoms with Crippen LogP contribution in [-0.2, 0) is 0 Å². The van der Waals surface area contributed by atoms with Gasteiger partial charge in [0.25, 0.3) is 0 Å². The molecule has 14 heavy (non-hydrogen) atoms. The van der Waals surface area contributed by atoms with Crippen molar-refractivity contribution in [3.8, 4) is 0 Å². The number of benzene rings is 1. The van der Waals surface area contributed by atoms with Gasteiger partial charge in [-0.1, -0.05) is 6.07 Å². The summed E-state index contributed by atoms with van der Waals surface area (Å²) in [7, 11) is 0. The van der Waals surface area contributed by atoms with E-state index in [1.807, 2.05) is 18.2 Å². The quantitative estimate of drug-likeness (QED) is 0.856. The van der Waals surface area contributed by atoms with Crippen molar-refractivity contribution >= 4 is 27.0 Å². The van der Waals surface area contributed by atoms with Crippen molar-refractivity contribution < 1.29 is 9.52 Å². The highest BCUT2D eigenvalue weighted by molar-refractivity contribution is 9.10. The Bertz CT molecular complexity index is 455. The summed E-state index contributed by atoms with van der Waals surface area (Å²) >= 11 is 3.34. The van der Waals surface area contributed by atoms with Crippen molar-refractivity contribution in [1.29, 1.82) is 0 Å². The zero-order valence-corrected chi connectivity index (χ0v) is 8.86. The number of hydrogen-bond acceptors (Lipinski definition) is 4. The Morgan fingerprint density at radius 2 is 2.36 bits per heavy atom. The van der Waals surface area contributed by atoms with Gasteiger partial charge in [-0.3, -0.25) is 0 Å². The number of aromatic nitrogens is 1. The van der Waals surface area contributed by atoms with Gasteiger partial charge in [-0.15, -0.1) is 0 Å². The Hall–Kier alpha value is -0.910. The molecule has 0 spiro atoms. The van der Waals surface area contributed by atoms with Gasteiger partial charge in [0.2, 0.25) is 5.89 Å². The Labute approximate surface area is 88.9 Å². The van der Waals surface area contributed by atoms with E-state index < -0.39 is 6.04 Å². The first-order valence-electron chi connectivity index (χ1n) is 4.13. The summed E-state index contributed by atoms with van der Waals surface area (Å²) in [4.78, 5) is 4.16.